The second-order valence-electron chi connectivity index (χ2n) is 5.11. The van der Waals surface area contributed by atoms with E-state index in [2.05, 4.69) is 21.2 Å². The van der Waals surface area contributed by atoms with Gasteiger partial charge in [-0.1, -0.05) is 28.1 Å². The molecule has 9 heteroatoms. The number of carbonyl (C=O) groups excluding carboxylic acids is 1. The number of halogens is 4. The van der Waals surface area contributed by atoms with E-state index in [0.717, 1.165) is 12.1 Å². The highest BCUT2D eigenvalue weighted by atomic mass is 79.9. The average Bonchev–Trinajstić information content (AvgIpc) is 2.53. The zero-order valence-corrected chi connectivity index (χ0v) is 15.1. The van der Waals surface area contributed by atoms with Crippen LogP contribution in [0.2, 0.25) is 0 Å². The molecule has 0 aromatic heterocycles. The van der Waals surface area contributed by atoms with Gasteiger partial charge in [0.1, 0.15) is 0 Å². The molecule has 0 saturated carbocycles. The summed E-state index contributed by atoms with van der Waals surface area (Å²) in [5.74, 6) is -1.31. The third kappa shape index (κ3) is 5.30. The summed E-state index contributed by atoms with van der Waals surface area (Å²) in [6.45, 7) is 0. The number of alkyl halides is 3. The Morgan fingerprint density at radius 3 is 2.24 bits per heavy atom. The van der Waals surface area contributed by atoms with Gasteiger partial charge in [-0.2, -0.15) is 13.2 Å². The first-order valence-corrected chi connectivity index (χ1v) is 9.48. The number of hydrogen-bond acceptors (Lipinski definition) is 3. The lowest BCUT2D eigenvalue weighted by atomic mass is 10.1. The van der Waals surface area contributed by atoms with E-state index < -0.39 is 45.3 Å². The number of carbonyl (C=O) groups is 1. The lowest BCUT2D eigenvalue weighted by molar-refractivity contribution is -0.137. The van der Waals surface area contributed by atoms with Crippen molar-refractivity contribution in [3.8, 4) is 0 Å². The molecular weight excluding hydrogens is 423 g/mol. The average molecular weight is 436 g/mol. The molecule has 2 aromatic carbocycles. The molecule has 0 heterocycles. The van der Waals surface area contributed by atoms with Crippen LogP contribution in [0, 0.1) is 0 Å². The van der Waals surface area contributed by atoms with Crippen molar-refractivity contribution in [2.45, 2.75) is 17.5 Å². The van der Waals surface area contributed by atoms with E-state index in [4.69, 9.17) is 0 Å². The van der Waals surface area contributed by atoms with E-state index in [1.165, 1.54) is 24.3 Å². The third-order valence-corrected chi connectivity index (χ3v) is 5.54. The fourth-order valence-electron chi connectivity index (χ4n) is 2.04. The molecule has 0 saturated heterocycles. The molecule has 25 heavy (non-hydrogen) atoms. The van der Waals surface area contributed by atoms with Gasteiger partial charge in [0, 0.05) is 10.9 Å². The first-order valence-electron chi connectivity index (χ1n) is 7.04. The molecule has 134 valence electrons. The molecule has 0 aliphatic rings. The zero-order valence-electron chi connectivity index (χ0n) is 12.7. The number of rotatable bonds is 5. The molecule has 0 aliphatic heterocycles. The fourth-order valence-corrected chi connectivity index (χ4v) is 3.54. The smallest absolute Gasteiger partial charge is 0.325 e. The van der Waals surface area contributed by atoms with Crippen LogP contribution in [0.5, 0.6) is 0 Å². The number of amides is 1. The Hall–Kier alpha value is -1.87. The summed E-state index contributed by atoms with van der Waals surface area (Å²) in [5, 5.41) is 2.12. The number of para-hydroxylation sites is 1. The Morgan fingerprint density at radius 1 is 1.04 bits per heavy atom. The molecule has 0 bridgehead atoms. The minimum atomic E-state index is -4.62. The van der Waals surface area contributed by atoms with E-state index in [9.17, 15) is 26.4 Å². The van der Waals surface area contributed by atoms with Crippen molar-refractivity contribution < 1.29 is 26.4 Å². The predicted octanol–water partition coefficient (Wildman–Crippen LogP) is 4.27. The lowest BCUT2D eigenvalue weighted by Gasteiger charge is -2.13. The van der Waals surface area contributed by atoms with Crippen molar-refractivity contribution in [2.24, 2.45) is 0 Å². The molecule has 1 N–H and O–H groups in total. The van der Waals surface area contributed by atoms with E-state index in [1.807, 2.05) is 0 Å². The van der Waals surface area contributed by atoms with Crippen molar-refractivity contribution in [1.29, 1.82) is 0 Å². The molecule has 2 aromatic rings. The Morgan fingerprint density at radius 2 is 1.64 bits per heavy atom. The van der Waals surface area contributed by atoms with Gasteiger partial charge in [-0.3, -0.25) is 4.79 Å². The number of hydrogen-bond donors (Lipinski definition) is 1. The van der Waals surface area contributed by atoms with Gasteiger partial charge in [-0.25, -0.2) is 8.42 Å². The van der Waals surface area contributed by atoms with E-state index in [-0.39, 0.29) is 4.90 Å². The highest BCUT2D eigenvalue weighted by Gasteiger charge is 2.33. The fraction of sp³-hybridized carbons (Fsp3) is 0.188. The van der Waals surface area contributed by atoms with Gasteiger partial charge in [0.15, 0.2) is 9.84 Å². The summed E-state index contributed by atoms with van der Waals surface area (Å²) in [5.41, 5.74) is -1.39. The standard InChI is InChI=1S/C16H13BrF3NO3S/c17-11-5-7-12(8-6-11)25(23,24)10-9-15(22)21-14-4-2-1-3-13(14)16(18,19)20/h1-8H,9-10H2,(H,21,22). The van der Waals surface area contributed by atoms with Gasteiger partial charge in [-0.15, -0.1) is 0 Å². The predicted molar refractivity (Wildman–Crippen MR) is 90.9 cm³/mol. The molecule has 4 nitrogen and oxygen atoms in total. The number of benzene rings is 2. The first kappa shape index (κ1) is 19.5. The summed E-state index contributed by atoms with van der Waals surface area (Å²) in [4.78, 5) is 11.9. The molecule has 0 fully saturated rings. The normalized spacial score (nSPS) is 12.0. The molecule has 0 atom stereocenters. The van der Waals surface area contributed by atoms with Crippen LogP contribution in [0.4, 0.5) is 18.9 Å². The second kappa shape index (κ2) is 7.57. The number of nitrogens with one attached hydrogen (secondary N) is 1. The minimum Gasteiger partial charge on any atom is -0.325 e. The van der Waals surface area contributed by atoms with Crippen LogP contribution in [-0.4, -0.2) is 20.1 Å². The molecule has 0 aliphatic carbocycles. The van der Waals surface area contributed by atoms with Crippen LogP contribution in [0.15, 0.2) is 57.9 Å². The summed E-state index contributed by atoms with van der Waals surface area (Å²) >= 11 is 3.18. The van der Waals surface area contributed by atoms with Crippen molar-refractivity contribution in [1.82, 2.24) is 0 Å². The van der Waals surface area contributed by atoms with Crippen molar-refractivity contribution in [3.63, 3.8) is 0 Å². The quantitative estimate of drug-likeness (QED) is 0.762. The maximum Gasteiger partial charge on any atom is 0.418 e. The van der Waals surface area contributed by atoms with Crippen LogP contribution in [0.25, 0.3) is 0 Å². The van der Waals surface area contributed by atoms with Crippen LogP contribution < -0.4 is 5.32 Å². The van der Waals surface area contributed by atoms with Gasteiger partial charge in [0.05, 0.1) is 21.9 Å². The first-order chi connectivity index (χ1) is 11.6. The molecule has 0 spiro atoms. The second-order valence-corrected chi connectivity index (χ2v) is 8.14. The zero-order chi connectivity index (χ0) is 18.7. The molecule has 0 unspecified atom stereocenters. The van der Waals surface area contributed by atoms with Gasteiger partial charge in [0.2, 0.25) is 5.91 Å². The Labute approximate surface area is 151 Å². The molecule has 1 amide bonds. The Bertz CT molecular complexity index is 865. The van der Waals surface area contributed by atoms with E-state index in [0.29, 0.717) is 4.47 Å². The van der Waals surface area contributed by atoms with Gasteiger partial charge >= 0.3 is 6.18 Å². The van der Waals surface area contributed by atoms with Gasteiger partial charge in [0.25, 0.3) is 0 Å². The van der Waals surface area contributed by atoms with E-state index in [1.54, 1.807) is 12.1 Å². The van der Waals surface area contributed by atoms with Crippen LogP contribution >= 0.6 is 15.9 Å². The minimum absolute atomic E-state index is 0.0409. The number of anilines is 1. The van der Waals surface area contributed by atoms with Crippen molar-refractivity contribution in [3.05, 3.63) is 58.6 Å². The number of sulfone groups is 1. The van der Waals surface area contributed by atoms with Gasteiger partial charge in [-0.05, 0) is 36.4 Å². The van der Waals surface area contributed by atoms with Crippen LogP contribution in [-0.2, 0) is 20.8 Å². The van der Waals surface area contributed by atoms with Crippen LogP contribution in [0.1, 0.15) is 12.0 Å². The molecular formula is C16H13BrF3NO3S. The summed E-state index contributed by atoms with van der Waals surface area (Å²) in [6.07, 6.45) is -5.07. The monoisotopic (exact) mass is 435 g/mol. The highest BCUT2D eigenvalue weighted by molar-refractivity contribution is 9.10. The maximum atomic E-state index is 12.9. The topological polar surface area (TPSA) is 63.2 Å². The van der Waals surface area contributed by atoms with Crippen molar-refractivity contribution >= 4 is 37.4 Å². The van der Waals surface area contributed by atoms with E-state index >= 15 is 0 Å². The SMILES string of the molecule is O=C(CCS(=O)(=O)c1ccc(Br)cc1)Nc1ccccc1C(F)(F)F. The van der Waals surface area contributed by atoms with Gasteiger partial charge < -0.3 is 5.32 Å². The van der Waals surface area contributed by atoms with Crippen molar-refractivity contribution in [2.75, 3.05) is 11.1 Å². The Kier molecular flexibility index (Phi) is 5.89. The maximum absolute atomic E-state index is 12.9. The molecule has 2 rings (SSSR count). The molecule has 0 radical (unpaired) electrons. The lowest BCUT2D eigenvalue weighted by Crippen LogP contribution is -2.19. The Balaban J connectivity index is 2.06. The summed E-state index contributed by atoms with van der Waals surface area (Å²) in [6, 6.07) is 10.4. The largest absolute Gasteiger partial charge is 0.418 e. The summed E-state index contributed by atoms with van der Waals surface area (Å²) < 4.78 is 63.6. The highest BCUT2D eigenvalue weighted by Crippen LogP contribution is 2.34. The summed E-state index contributed by atoms with van der Waals surface area (Å²) in [7, 11) is -3.71. The van der Waals surface area contributed by atoms with Crippen LogP contribution in [0.3, 0.4) is 0 Å². The third-order valence-electron chi connectivity index (χ3n) is 3.28.